The molecule has 3 aromatic rings. The van der Waals surface area contributed by atoms with Crippen molar-refractivity contribution in [3.05, 3.63) is 45.3 Å². The minimum Gasteiger partial charge on any atom is -0.367 e. The van der Waals surface area contributed by atoms with Crippen LogP contribution in [-0.2, 0) is 0 Å². The average Bonchev–Trinajstić information content (AvgIpc) is 2.94. The summed E-state index contributed by atoms with van der Waals surface area (Å²) in [6, 6.07) is 7.39. The van der Waals surface area contributed by atoms with Gasteiger partial charge in [-0.1, -0.05) is 40.5 Å². The van der Waals surface area contributed by atoms with Crippen LogP contribution >= 0.6 is 34.5 Å². The van der Waals surface area contributed by atoms with Crippen LogP contribution in [-0.4, -0.2) is 5.16 Å². The van der Waals surface area contributed by atoms with Gasteiger partial charge in [-0.3, -0.25) is 0 Å². The molecule has 0 saturated heterocycles. The predicted octanol–water partition coefficient (Wildman–Crippen LogP) is 5.27. The number of thiophene rings is 1. The van der Waals surface area contributed by atoms with Crippen LogP contribution in [0, 0.1) is 6.92 Å². The van der Waals surface area contributed by atoms with Gasteiger partial charge in [0.05, 0.1) is 15.5 Å². The van der Waals surface area contributed by atoms with Gasteiger partial charge in [0, 0.05) is 5.02 Å². The van der Waals surface area contributed by atoms with E-state index in [2.05, 4.69) is 5.16 Å². The SMILES string of the molecule is Cc1csc(-c2noc(N)c2-c2cccc(Cl)c2)c1Cl. The van der Waals surface area contributed by atoms with Crippen LogP contribution in [0.4, 0.5) is 5.88 Å². The molecule has 102 valence electrons. The van der Waals surface area contributed by atoms with E-state index in [-0.39, 0.29) is 5.88 Å². The van der Waals surface area contributed by atoms with Crippen LogP contribution in [0.25, 0.3) is 21.7 Å². The Balaban J connectivity index is 2.22. The van der Waals surface area contributed by atoms with Gasteiger partial charge < -0.3 is 10.3 Å². The van der Waals surface area contributed by atoms with Crippen molar-refractivity contribution in [2.75, 3.05) is 5.73 Å². The van der Waals surface area contributed by atoms with Crippen LogP contribution < -0.4 is 5.73 Å². The van der Waals surface area contributed by atoms with E-state index in [1.54, 1.807) is 6.07 Å². The minimum atomic E-state index is 0.254. The largest absolute Gasteiger partial charge is 0.367 e. The molecule has 1 aromatic carbocycles. The zero-order valence-corrected chi connectivity index (χ0v) is 12.8. The van der Waals surface area contributed by atoms with Crippen LogP contribution in [0.5, 0.6) is 0 Å². The fourth-order valence-corrected chi connectivity index (χ4v) is 3.43. The van der Waals surface area contributed by atoms with Gasteiger partial charge in [-0.15, -0.1) is 11.3 Å². The van der Waals surface area contributed by atoms with Crippen molar-refractivity contribution in [2.45, 2.75) is 6.92 Å². The molecular formula is C14H10Cl2N2OS. The van der Waals surface area contributed by atoms with Gasteiger partial charge in [-0.05, 0) is 35.6 Å². The molecule has 0 atom stereocenters. The number of nitrogens with two attached hydrogens (primary N) is 1. The quantitative estimate of drug-likeness (QED) is 0.698. The summed E-state index contributed by atoms with van der Waals surface area (Å²) in [5, 5.41) is 7.33. The normalized spacial score (nSPS) is 10.9. The minimum absolute atomic E-state index is 0.254. The lowest BCUT2D eigenvalue weighted by atomic mass is 10.0. The van der Waals surface area contributed by atoms with Crippen molar-refractivity contribution in [2.24, 2.45) is 0 Å². The first kappa shape index (κ1) is 13.5. The summed E-state index contributed by atoms with van der Waals surface area (Å²) < 4.78 is 5.14. The molecule has 0 aliphatic rings. The molecule has 2 heterocycles. The van der Waals surface area contributed by atoms with Gasteiger partial charge in [0.25, 0.3) is 0 Å². The number of nitrogen functional groups attached to an aromatic ring is 1. The first-order valence-electron chi connectivity index (χ1n) is 5.83. The van der Waals surface area contributed by atoms with Gasteiger partial charge in [0.15, 0.2) is 0 Å². The van der Waals surface area contributed by atoms with Gasteiger partial charge >= 0.3 is 0 Å². The smallest absolute Gasteiger partial charge is 0.230 e. The third kappa shape index (κ3) is 2.20. The number of aryl methyl sites for hydroxylation is 1. The van der Waals surface area contributed by atoms with E-state index < -0.39 is 0 Å². The van der Waals surface area contributed by atoms with Crippen molar-refractivity contribution >= 4 is 40.4 Å². The van der Waals surface area contributed by atoms with Gasteiger partial charge in [0.1, 0.15) is 5.69 Å². The fraction of sp³-hybridized carbons (Fsp3) is 0.0714. The van der Waals surface area contributed by atoms with E-state index in [9.17, 15) is 0 Å². The Hall–Kier alpha value is -1.49. The summed E-state index contributed by atoms with van der Waals surface area (Å²) in [7, 11) is 0. The summed E-state index contributed by atoms with van der Waals surface area (Å²) in [5.74, 6) is 0.254. The molecule has 0 saturated carbocycles. The maximum absolute atomic E-state index is 6.31. The topological polar surface area (TPSA) is 52.0 Å². The molecule has 0 bridgehead atoms. The molecule has 20 heavy (non-hydrogen) atoms. The molecule has 2 N–H and O–H groups in total. The van der Waals surface area contributed by atoms with Crippen LogP contribution in [0.1, 0.15) is 5.56 Å². The maximum atomic E-state index is 6.31. The van der Waals surface area contributed by atoms with Crippen LogP contribution in [0.15, 0.2) is 34.2 Å². The highest BCUT2D eigenvalue weighted by Gasteiger charge is 2.21. The lowest BCUT2D eigenvalue weighted by molar-refractivity contribution is 0.439. The van der Waals surface area contributed by atoms with Crippen molar-refractivity contribution in [3.8, 4) is 21.7 Å². The number of aromatic nitrogens is 1. The Labute approximate surface area is 129 Å². The number of hydrogen-bond acceptors (Lipinski definition) is 4. The average molecular weight is 325 g/mol. The van der Waals surface area contributed by atoms with E-state index in [1.165, 1.54) is 11.3 Å². The summed E-state index contributed by atoms with van der Waals surface area (Å²) >= 11 is 13.9. The molecular weight excluding hydrogens is 315 g/mol. The molecule has 0 aliphatic heterocycles. The third-order valence-electron chi connectivity index (χ3n) is 2.95. The third-order valence-corrected chi connectivity index (χ3v) is 4.88. The standard InChI is InChI=1S/C14H10Cl2N2OS/c1-7-6-20-13(11(7)16)12-10(14(17)19-18-12)8-3-2-4-9(15)5-8/h2-6H,17H2,1H3. The van der Waals surface area contributed by atoms with Crippen molar-refractivity contribution in [1.29, 1.82) is 0 Å². The van der Waals surface area contributed by atoms with E-state index in [0.717, 1.165) is 21.6 Å². The second-order valence-electron chi connectivity index (χ2n) is 4.34. The van der Waals surface area contributed by atoms with Crippen molar-refractivity contribution in [1.82, 2.24) is 5.16 Å². The number of halogens is 2. The second kappa shape index (κ2) is 5.13. The Bertz CT molecular complexity index is 779. The molecule has 0 unspecified atom stereocenters. The van der Waals surface area contributed by atoms with Crippen molar-refractivity contribution in [3.63, 3.8) is 0 Å². The van der Waals surface area contributed by atoms with Gasteiger partial charge in [0.2, 0.25) is 5.88 Å². The number of nitrogens with zero attached hydrogens (tertiary/aromatic N) is 1. The monoisotopic (exact) mass is 324 g/mol. The lowest BCUT2D eigenvalue weighted by Crippen LogP contribution is -1.87. The highest BCUT2D eigenvalue weighted by atomic mass is 35.5. The molecule has 0 aliphatic carbocycles. The fourth-order valence-electron chi connectivity index (χ4n) is 1.97. The Kier molecular flexibility index (Phi) is 3.46. The molecule has 3 nitrogen and oxygen atoms in total. The second-order valence-corrected chi connectivity index (χ2v) is 6.04. The van der Waals surface area contributed by atoms with Gasteiger partial charge in [-0.25, -0.2) is 0 Å². The number of benzene rings is 1. The Morgan fingerprint density at radius 3 is 2.75 bits per heavy atom. The first-order valence-corrected chi connectivity index (χ1v) is 7.46. The molecule has 0 spiro atoms. The van der Waals surface area contributed by atoms with Crippen LogP contribution in [0.2, 0.25) is 10.0 Å². The molecule has 0 amide bonds. The van der Waals surface area contributed by atoms with E-state index in [1.807, 2.05) is 30.5 Å². The molecule has 0 fully saturated rings. The number of rotatable bonds is 2. The summed E-state index contributed by atoms with van der Waals surface area (Å²) in [5.41, 5.74) is 9.13. The molecule has 0 radical (unpaired) electrons. The zero-order chi connectivity index (χ0) is 14.3. The highest BCUT2D eigenvalue weighted by Crippen LogP contribution is 2.43. The summed E-state index contributed by atoms with van der Waals surface area (Å²) in [6.45, 7) is 1.95. The number of anilines is 1. The Morgan fingerprint density at radius 1 is 1.30 bits per heavy atom. The van der Waals surface area contributed by atoms with E-state index in [4.69, 9.17) is 33.5 Å². The molecule has 3 rings (SSSR count). The number of hydrogen-bond donors (Lipinski definition) is 1. The lowest BCUT2D eigenvalue weighted by Gasteiger charge is -2.02. The summed E-state index contributed by atoms with van der Waals surface area (Å²) in [4.78, 5) is 0.847. The molecule has 2 aromatic heterocycles. The zero-order valence-electron chi connectivity index (χ0n) is 10.5. The van der Waals surface area contributed by atoms with Crippen LogP contribution in [0.3, 0.4) is 0 Å². The van der Waals surface area contributed by atoms with E-state index >= 15 is 0 Å². The van der Waals surface area contributed by atoms with Gasteiger partial charge in [-0.2, -0.15) is 0 Å². The maximum Gasteiger partial charge on any atom is 0.230 e. The highest BCUT2D eigenvalue weighted by molar-refractivity contribution is 7.14. The Morgan fingerprint density at radius 2 is 2.10 bits per heavy atom. The predicted molar refractivity (Wildman–Crippen MR) is 84.4 cm³/mol. The molecule has 6 heteroatoms. The van der Waals surface area contributed by atoms with E-state index in [0.29, 0.717) is 15.7 Å². The first-order chi connectivity index (χ1) is 9.58. The summed E-state index contributed by atoms with van der Waals surface area (Å²) in [6.07, 6.45) is 0. The van der Waals surface area contributed by atoms with Crippen molar-refractivity contribution < 1.29 is 4.52 Å².